The van der Waals surface area contributed by atoms with Gasteiger partial charge in [0.1, 0.15) is 5.65 Å². The van der Waals surface area contributed by atoms with Crippen LogP contribution in [0.25, 0.3) is 60.9 Å². The number of nitrogens with zero attached hydrogens (tertiary/aromatic N) is 4. The highest BCUT2D eigenvalue weighted by Crippen LogP contribution is 2.49. The van der Waals surface area contributed by atoms with Crippen molar-refractivity contribution in [2.45, 2.75) is 12.8 Å². The number of pyridine rings is 3. The Bertz CT molecular complexity index is 2070. The lowest BCUT2D eigenvalue weighted by Crippen LogP contribution is -1.96. The Kier molecular flexibility index (Phi) is 3.11. The molecule has 7 aromatic rings. The molecule has 162 valence electrons. The number of hydrogen-bond donors (Lipinski definition) is 0. The van der Waals surface area contributed by atoms with Gasteiger partial charge in [0.25, 0.3) is 0 Å². The summed E-state index contributed by atoms with van der Waals surface area (Å²) in [6.07, 6.45) is 5.64. The summed E-state index contributed by atoms with van der Waals surface area (Å²) in [7, 11) is 0. The Morgan fingerprint density at radius 2 is 1.34 bits per heavy atom. The maximum absolute atomic E-state index is 5.06. The molecule has 0 amide bonds. The van der Waals surface area contributed by atoms with Crippen molar-refractivity contribution in [1.29, 1.82) is 0 Å². The molecule has 0 saturated carbocycles. The van der Waals surface area contributed by atoms with Gasteiger partial charge in [-0.1, -0.05) is 48.5 Å². The van der Waals surface area contributed by atoms with Crippen molar-refractivity contribution in [3.8, 4) is 22.3 Å². The second-order valence-electron chi connectivity index (χ2n) is 9.63. The number of fused-ring (bicyclic) bond motifs is 16. The molecule has 4 aromatic heterocycles. The van der Waals surface area contributed by atoms with Crippen LogP contribution in [0.1, 0.15) is 22.3 Å². The molecule has 0 unspecified atom stereocenters. The molecule has 4 heterocycles. The topological polar surface area (TPSA) is 43.1 Å². The predicted molar refractivity (Wildman–Crippen MR) is 140 cm³/mol. The summed E-state index contributed by atoms with van der Waals surface area (Å²) < 4.78 is 2.25. The molecule has 4 nitrogen and oxygen atoms in total. The molecule has 0 bridgehead atoms. The Morgan fingerprint density at radius 1 is 0.600 bits per heavy atom. The van der Waals surface area contributed by atoms with E-state index >= 15 is 0 Å². The number of imidazole rings is 1. The maximum atomic E-state index is 5.06. The molecule has 0 N–H and O–H groups in total. The largest absolute Gasteiger partial charge is 0.288 e. The SMILES string of the molecule is c1ccc2c(c1)Cc1c-2ccc2c1Cc1c-2ccc2c3ncccc3n3c4cccnc4nc3c12. The lowest BCUT2D eigenvalue weighted by Gasteiger charge is -2.11. The van der Waals surface area contributed by atoms with Crippen LogP contribution in [0.15, 0.2) is 85.2 Å². The minimum atomic E-state index is 0.773. The van der Waals surface area contributed by atoms with Crippen molar-refractivity contribution >= 4 is 38.6 Å². The number of aromatic nitrogens is 4. The van der Waals surface area contributed by atoms with Crippen LogP contribution in [0, 0.1) is 0 Å². The highest BCUT2D eigenvalue weighted by Gasteiger charge is 2.30. The predicted octanol–water partition coefficient (Wildman–Crippen LogP) is 6.73. The molecular weight excluding hydrogens is 428 g/mol. The fourth-order valence-electron chi connectivity index (χ4n) is 6.55. The molecule has 0 aliphatic heterocycles. The van der Waals surface area contributed by atoms with Gasteiger partial charge in [-0.3, -0.25) is 9.38 Å². The minimum Gasteiger partial charge on any atom is -0.288 e. The van der Waals surface area contributed by atoms with Crippen LogP contribution < -0.4 is 0 Å². The van der Waals surface area contributed by atoms with Crippen LogP contribution in [-0.4, -0.2) is 19.4 Å². The highest BCUT2D eigenvalue weighted by molar-refractivity contribution is 6.15. The van der Waals surface area contributed by atoms with E-state index in [0.29, 0.717) is 0 Å². The fraction of sp³-hybridized carbons (Fsp3) is 0.0645. The summed E-state index contributed by atoms with van der Waals surface area (Å²) in [5.74, 6) is 0. The summed E-state index contributed by atoms with van der Waals surface area (Å²) >= 11 is 0. The first kappa shape index (κ1) is 17.8. The van der Waals surface area contributed by atoms with Gasteiger partial charge >= 0.3 is 0 Å². The molecule has 0 saturated heterocycles. The third-order valence-corrected chi connectivity index (χ3v) is 8.00. The summed E-state index contributed by atoms with van der Waals surface area (Å²) in [5.41, 5.74) is 16.0. The molecule has 2 aliphatic rings. The van der Waals surface area contributed by atoms with Crippen molar-refractivity contribution in [1.82, 2.24) is 19.4 Å². The van der Waals surface area contributed by atoms with Gasteiger partial charge < -0.3 is 0 Å². The van der Waals surface area contributed by atoms with Crippen molar-refractivity contribution < 1.29 is 0 Å². The van der Waals surface area contributed by atoms with E-state index in [-0.39, 0.29) is 0 Å². The molecular formula is C31H18N4. The zero-order chi connectivity index (χ0) is 22.7. The Balaban J connectivity index is 1.41. The molecule has 9 rings (SSSR count). The van der Waals surface area contributed by atoms with Gasteiger partial charge in [0.2, 0.25) is 0 Å². The lowest BCUT2D eigenvalue weighted by molar-refractivity contribution is 1.17. The van der Waals surface area contributed by atoms with Gasteiger partial charge in [0.05, 0.1) is 16.6 Å². The van der Waals surface area contributed by atoms with E-state index < -0.39 is 0 Å². The van der Waals surface area contributed by atoms with Gasteiger partial charge in [0, 0.05) is 23.2 Å². The van der Waals surface area contributed by atoms with E-state index in [2.05, 4.69) is 70.0 Å². The summed E-state index contributed by atoms with van der Waals surface area (Å²) in [6, 6.07) is 26.2. The van der Waals surface area contributed by atoms with Crippen LogP contribution >= 0.6 is 0 Å². The lowest BCUT2D eigenvalue weighted by atomic mass is 9.96. The van der Waals surface area contributed by atoms with E-state index in [1.54, 1.807) is 0 Å². The van der Waals surface area contributed by atoms with E-state index in [1.807, 2.05) is 24.5 Å². The summed E-state index contributed by atoms with van der Waals surface area (Å²) in [5, 5.41) is 2.36. The molecule has 0 atom stereocenters. The smallest absolute Gasteiger partial charge is 0.178 e. The van der Waals surface area contributed by atoms with Gasteiger partial charge in [-0.15, -0.1) is 0 Å². The quantitative estimate of drug-likeness (QED) is 0.243. The van der Waals surface area contributed by atoms with E-state index in [9.17, 15) is 0 Å². The molecule has 0 spiro atoms. The second kappa shape index (κ2) is 6.10. The van der Waals surface area contributed by atoms with Crippen molar-refractivity contribution in [3.05, 3.63) is 107 Å². The Morgan fingerprint density at radius 3 is 2.29 bits per heavy atom. The molecule has 35 heavy (non-hydrogen) atoms. The molecule has 0 radical (unpaired) electrons. The van der Waals surface area contributed by atoms with E-state index in [0.717, 1.165) is 46.1 Å². The van der Waals surface area contributed by atoms with Gasteiger partial charge in [-0.25, -0.2) is 9.97 Å². The van der Waals surface area contributed by atoms with Crippen LogP contribution in [0.5, 0.6) is 0 Å². The Hall–Kier alpha value is -4.57. The number of benzene rings is 3. The van der Waals surface area contributed by atoms with Gasteiger partial charge in [-0.05, 0) is 81.6 Å². The maximum Gasteiger partial charge on any atom is 0.178 e. The number of hydrogen-bond acceptors (Lipinski definition) is 3. The molecule has 2 aliphatic carbocycles. The monoisotopic (exact) mass is 446 g/mol. The zero-order valence-corrected chi connectivity index (χ0v) is 18.8. The van der Waals surface area contributed by atoms with Crippen LogP contribution in [0.4, 0.5) is 0 Å². The first-order valence-corrected chi connectivity index (χ1v) is 12.1. The average Bonchev–Trinajstić information content (AvgIpc) is 3.59. The summed E-state index contributed by atoms with van der Waals surface area (Å²) in [6.45, 7) is 0. The van der Waals surface area contributed by atoms with Crippen molar-refractivity contribution in [2.75, 3.05) is 0 Å². The second-order valence-corrected chi connectivity index (χ2v) is 9.63. The fourth-order valence-corrected chi connectivity index (χ4v) is 6.55. The van der Waals surface area contributed by atoms with Gasteiger partial charge in [0.15, 0.2) is 5.65 Å². The normalized spacial score (nSPS) is 13.5. The molecule has 3 aromatic carbocycles. The average molecular weight is 447 g/mol. The Labute approximate surface area is 200 Å². The van der Waals surface area contributed by atoms with Crippen molar-refractivity contribution in [3.63, 3.8) is 0 Å². The zero-order valence-electron chi connectivity index (χ0n) is 18.8. The van der Waals surface area contributed by atoms with Gasteiger partial charge in [-0.2, -0.15) is 0 Å². The third-order valence-electron chi connectivity index (χ3n) is 8.00. The molecule has 0 fully saturated rings. The number of rotatable bonds is 0. The molecule has 4 heteroatoms. The first-order valence-electron chi connectivity index (χ1n) is 12.1. The summed E-state index contributed by atoms with van der Waals surface area (Å²) in [4.78, 5) is 14.5. The van der Waals surface area contributed by atoms with Crippen LogP contribution in [-0.2, 0) is 12.8 Å². The standard InChI is InChI=1S/C31H18N4/c1-2-6-18-17(5-1)15-23-19(18)9-10-20-21-11-12-22-28(25(21)16-24(20)23)31-34-30-27(8-4-14-33-30)35(31)26-7-3-13-32-29(22)26/h1-14H,15-16H2. The first-order chi connectivity index (χ1) is 17.4. The van der Waals surface area contributed by atoms with Crippen LogP contribution in [0.2, 0.25) is 0 Å². The van der Waals surface area contributed by atoms with Crippen LogP contribution in [0.3, 0.4) is 0 Å². The van der Waals surface area contributed by atoms with E-state index in [4.69, 9.17) is 9.97 Å². The third kappa shape index (κ3) is 2.11. The highest BCUT2D eigenvalue weighted by atomic mass is 15.1. The minimum absolute atomic E-state index is 0.773. The van der Waals surface area contributed by atoms with Crippen molar-refractivity contribution in [2.24, 2.45) is 0 Å². The van der Waals surface area contributed by atoms with E-state index in [1.165, 1.54) is 49.9 Å².